The Bertz CT molecular complexity index is 175. The smallest absolute Gasteiger partial charge is 0.763 e. The van der Waals surface area contributed by atoms with Crippen LogP contribution in [-0.2, 0) is 79.4 Å². The molecule has 0 heterocycles. The monoisotopic (exact) mass is 384 g/mol. The van der Waals surface area contributed by atoms with Gasteiger partial charge in [0.1, 0.15) is 0 Å². The summed E-state index contributed by atoms with van der Waals surface area (Å²) in [6, 6.07) is 0. The van der Waals surface area contributed by atoms with Crippen molar-refractivity contribution in [2.24, 2.45) is 0 Å². The second kappa shape index (κ2) is 14.7. The summed E-state index contributed by atoms with van der Waals surface area (Å²) in [7, 11) is -11.8. The molecule has 0 rings (SSSR count). The van der Waals surface area contributed by atoms with Crippen LogP contribution in [0.3, 0.4) is 0 Å². The molecule has 76 valence electrons. The predicted octanol–water partition coefficient (Wildman–Crippen LogP) is -2.69. The molecule has 0 amide bonds. The third kappa shape index (κ3) is 23.5. The van der Waals surface area contributed by atoms with E-state index in [2.05, 4.69) is 0 Å². The van der Waals surface area contributed by atoms with Crippen LogP contribution in [0, 0.1) is 0 Å². The Balaban J connectivity index is -0.0000000625. The van der Waals surface area contributed by atoms with Gasteiger partial charge in [-0.15, -0.1) is 0 Å². The molecule has 0 aliphatic rings. The van der Waals surface area contributed by atoms with Crippen molar-refractivity contribution < 1.29 is 74.0 Å². The second-order valence-electron chi connectivity index (χ2n) is 0.816. The summed E-state index contributed by atoms with van der Waals surface area (Å²) in [4.78, 5) is 0. The summed E-state index contributed by atoms with van der Waals surface area (Å²) in [5.41, 5.74) is 0. The number of rotatable bonds is 2. The van der Waals surface area contributed by atoms with Crippen LogP contribution in [0.1, 0.15) is 0 Å². The summed E-state index contributed by atoms with van der Waals surface area (Å²) in [6.45, 7) is 0. The molecule has 0 aliphatic carbocycles. The Morgan fingerprint density at radius 2 is 0.571 bits per heavy atom. The van der Waals surface area contributed by atoms with Crippen LogP contribution in [0.2, 0.25) is 0 Å². The van der Waals surface area contributed by atoms with Crippen molar-refractivity contribution in [2.75, 3.05) is 0 Å². The minimum absolute atomic E-state index is 0. The van der Waals surface area contributed by atoms with Crippen molar-refractivity contribution in [2.45, 2.75) is 0 Å². The SMILES string of the molecule is O=S([O-])S(=O)[O-].O=S([O-])S(=O)[O-].[Zn+2].[Zn+2]. The van der Waals surface area contributed by atoms with E-state index in [-0.39, 0.29) is 39.0 Å². The van der Waals surface area contributed by atoms with Crippen LogP contribution < -0.4 is 0 Å². The normalized spacial score (nSPS) is 16.9. The van der Waals surface area contributed by atoms with E-state index in [1.807, 2.05) is 0 Å². The van der Waals surface area contributed by atoms with E-state index in [1.165, 1.54) is 0 Å². The van der Waals surface area contributed by atoms with Crippen LogP contribution in [0.5, 0.6) is 0 Å². The van der Waals surface area contributed by atoms with Gasteiger partial charge in [0.05, 0.1) is 0 Å². The molecule has 0 aliphatic heterocycles. The van der Waals surface area contributed by atoms with Crippen LogP contribution in [-0.4, -0.2) is 35.0 Å². The largest absolute Gasteiger partial charge is 2.00 e. The molecule has 14 heteroatoms. The molecule has 0 saturated heterocycles. The van der Waals surface area contributed by atoms with Gasteiger partial charge in [-0.25, -0.2) is 0 Å². The Labute approximate surface area is 113 Å². The molecular formula is O8S4Zn2. The molecule has 14 heavy (non-hydrogen) atoms. The molecule has 0 aromatic heterocycles. The van der Waals surface area contributed by atoms with Crippen molar-refractivity contribution in [3.63, 3.8) is 0 Å². The summed E-state index contributed by atoms with van der Waals surface area (Å²) < 4.78 is 72.7. The molecule has 0 aromatic carbocycles. The van der Waals surface area contributed by atoms with E-state index in [9.17, 15) is 0 Å². The number of hydrogen-bond acceptors (Lipinski definition) is 8. The van der Waals surface area contributed by atoms with Gasteiger partial charge >= 0.3 is 39.0 Å². The van der Waals surface area contributed by atoms with Crippen LogP contribution in [0.15, 0.2) is 0 Å². The van der Waals surface area contributed by atoms with Gasteiger partial charge in [-0.1, -0.05) is 0 Å². The van der Waals surface area contributed by atoms with Crippen LogP contribution in [0.4, 0.5) is 0 Å². The molecule has 0 aromatic rings. The molecule has 0 radical (unpaired) electrons. The van der Waals surface area contributed by atoms with Gasteiger partial charge in [0.15, 0.2) is 0 Å². The minimum atomic E-state index is -2.95. The fourth-order valence-electron chi connectivity index (χ4n) is 0. The maximum atomic E-state index is 9.09. The first kappa shape index (κ1) is 24.8. The van der Waals surface area contributed by atoms with Crippen LogP contribution in [0.25, 0.3) is 0 Å². The third-order valence-electron chi connectivity index (χ3n) is 0.222. The topological polar surface area (TPSA) is 161 Å². The van der Waals surface area contributed by atoms with Crippen molar-refractivity contribution in [3.8, 4) is 0 Å². The molecule has 4 atom stereocenters. The summed E-state index contributed by atoms with van der Waals surface area (Å²) in [5.74, 6) is 0. The molecule has 0 saturated carbocycles. The molecular weight excluding hydrogens is 387 g/mol. The van der Waals surface area contributed by atoms with Gasteiger partial charge in [-0.2, -0.15) is 0 Å². The first-order valence-electron chi connectivity index (χ1n) is 1.67. The maximum Gasteiger partial charge on any atom is 2.00 e. The fraction of sp³-hybridized carbons (Fsp3) is 0. The van der Waals surface area contributed by atoms with Crippen LogP contribution >= 0.6 is 0 Å². The average molecular weight is 387 g/mol. The zero-order valence-corrected chi connectivity index (χ0v) is 15.5. The average Bonchev–Trinajstić information content (AvgIpc) is 1.88. The van der Waals surface area contributed by atoms with Crippen molar-refractivity contribution in [1.29, 1.82) is 0 Å². The zero-order valence-electron chi connectivity index (χ0n) is 6.31. The van der Waals surface area contributed by atoms with Crippen molar-refractivity contribution in [3.05, 3.63) is 0 Å². The Kier molecular flexibility index (Phi) is 26.0. The second-order valence-corrected chi connectivity index (χ2v) is 5.72. The summed E-state index contributed by atoms with van der Waals surface area (Å²) >= 11 is 0. The molecule has 0 fully saturated rings. The van der Waals surface area contributed by atoms with Gasteiger partial charge in [-0.3, -0.25) is 16.8 Å². The predicted molar refractivity (Wildman–Crippen MR) is 35.7 cm³/mol. The maximum absolute atomic E-state index is 9.09. The molecule has 4 unspecified atom stereocenters. The van der Waals surface area contributed by atoms with Crippen molar-refractivity contribution >= 4 is 40.4 Å². The zero-order chi connectivity index (χ0) is 10.3. The first-order valence-corrected chi connectivity index (χ1v) is 7.00. The van der Waals surface area contributed by atoms with E-state index in [1.54, 1.807) is 0 Å². The third-order valence-corrected chi connectivity index (χ3v) is 2.00. The molecule has 8 nitrogen and oxygen atoms in total. The first-order chi connectivity index (χ1) is 5.29. The van der Waals surface area contributed by atoms with E-state index >= 15 is 0 Å². The van der Waals surface area contributed by atoms with E-state index < -0.39 is 40.4 Å². The quantitative estimate of drug-likeness (QED) is 0.281. The van der Waals surface area contributed by atoms with Gasteiger partial charge in [0, 0.05) is 40.4 Å². The van der Waals surface area contributed by atoms with Gasteiger partial charge in [-0.05, 0) is 0 Å². The molecule has 0 spiro atoms. The molecule has 0 N–H and O–H groups in total. The Hall–Kier alpha value is 1.69. The molecule has 0 bridgehead atoms. The fourth-order valence-corrected chi connectivity index (χ4v) is 0. The summed E-state index contributed by atoms with van der Waals surface area (Å²) in [6.07, 6.45) is 0. The van der Waals surface area contributed by atoms with E-state index in [0.717, 1.165) is 0 Å². The van der Waals surface area contributed by atoms with E-state index in [4.69, 9.17) is 35.0 Å². The van der Waals surface area contributed by atoms with E-state index in [0.29, 0.717) is 0 Å². The summed E-state index contributed by atoms with van der Waals surface area (Å²) in [5, 5.41) is 0. The minimum Gasteiger partial charge on any atom is -0.763 e. The Morgan fingerprint density at radius 3 is 0.571 bits per heavy atom. The van der Waals surface area contributed by atoms with Crippen molar-refractivity contribution in [1.82, 2.24) is 0 Å². The number of hydrogen-bond donors (Lipinski definition) is 0. The van der Waals surface area contributed by atoms with Gasteiger partial charge in [0.2, 0.25) is 0 Å². The van der Waals surface area contributed by atoms with Gasteiger partial charge < -0.3 is 18.2 Å². The Morgan fingerprint density at radius 1 is 0.500 bits per heavy atom. The standard InChI is InChI=1S/2H2O4S2.2Zn/c2*1-5(2)6(3)4;;/h2*(H,1,2)(H,3,4);;/q;;2*+2/p-4. The van der Waals surface area contributed by atoms with Gasteiger partial charge in [0.25, 0.3) is 0 Å².